The van der Waals surface area contributed by atoms with Gasteiger partial charge >= 0.3 is 5.97 Å². The first kappa shape index (κ1) is 26.5. The van der Waals surface area contributed by atoms with Crippen LogP contribution in [0.1, 0.15) is 0 Å². The van der Waals surface area contributed by atoms with Crippen LogP contribution < -0.4 is 0 Å². The van der Waals surface area contributed by atoms with Crippen molar-refractivity contribution in [3.05, 3.63) is 0 Å². The molecule has 0 aromatic heterocycles. The standard InChI is InChI=1S/C8H14O7.3Ac/c1-13-7(12)6-4(10)3(9)5(11)8(14-2)15-6;;;/h3-6,8-11H,1-2H3;;;. The van der Waals surface area contributed by atoms with Gasteiger partial charge < -0.3 is 29.5 Å². The smallest absolute Gasteiger partial charge is 0.337 e. The molecule has 1 heterocycles. The maximum atomic E-state index is 11.1. The SMILES string of the molecule is COC(=O)C1OC(OC)C(O)C(O)C1O.[Ac].[Ac].[Ac]. The quantitative estimate of drug-likeness (QED) is 0.266. The topological polar surface area (TPSA) is 105 Å². The van der Waals surface area contributed by atoms with Crippen LogP contribution in [0, 0.1) is 132 Å². The molecule has 0 bridgehead atoms. The number of aliphatic hydroxyl groups excluding tert-OH is 3. The monoisotopic (exact) mass is 903 g/mol. The largest absolute Gasteiger partial charge is 0.467 e. The van der Waals surface area contributed by atoms with Crippen molar-refractivity contribution in [2.75, 3.05) is 14.2 Å². The number of rotatable bonds is 2. The Labute approximate surface area is 212 Å². The predicted octanol–water partition coefficient (Wildman–Crippen LogP) is -2.39. The summed E-state index contributed by atoms with van der Waals surface area (Å²) in [5.74, 6) is -0.837. The van der Waals surface area contributed by atoms with Crippen molar-refractivity contribution in [2.24, 2.45) is 0 Å². The van der Waals surface area contributed by atoms with E-state index in [9.17, 15) is 20.1 Å². The molecule has 18 heavy (non-hydrogen) atoms. The van der Waals surface area contributed by atoms with E-state index in [1.807, 2.05) is 0 Å². The second-order valence-electron chi connectivity index (χ2n) is 3.16. The van der Waals surface area contributed by atoms with Gasteiger partial charge in [-0.1, -0.05) is 0 Å². The maximum absolute atomic E-state index is 11.1. The number of carbonyl (C=O) groups is 1. The summed E-state index contributed by atoms with van der Waals surface area (Å²) < 4.78 is 14.0. The Morgan fingerprint density at radius 3 is 1.89 bits per heavy atom. The first-order chi connectivity index (χ1) is 7.02. The van der Waals surface area contributed by atoms with Gasteiger partial charge in [-0.3, -0.25) is 0 Å². The Balaban J connectivity index is -0.000000750. The van der Waals surface area contributed by atoms with Crippen molar-refractivity contribution < 1.29 is 167 Å². The molecule has 0 aliphatic carbocycles. The Kier molecular flexibility index (Phi) is 19.2. The molecule has 1 aliphatic rings. The van der Waals surface area contributed by atoms with Gasteiger partial charge in [-0.15, -0.1) is 0 Å². The third kappa shape index (κ3) is 6.79. The van der Waals surface area contributed by atoms with E-state index in [0.29, 0.717) is 0 Å². The van der Waals surface area contributed by atoms with Crippen LogP contribution in [-0.4, -0.2) is 66.2 Å². The van der Waals surface area contributed by atoms with Gasteiger partial charge in [0, 0.05) is 139 Å². The summed E-state index contributed by atoms with van der Waals surface area (Å²) in [5.41, 5.74) is 0. The summed E-state index contributed by atoms with van der Waals surface area (Å²) in [6, 6.07) is 0. The molecule has 3 N–H and O–H groups in total. The molecule has 0 amide bonds. The molecule has 5 unspecified atom stereocenters. The normalized spacial score (nSPS) is 34.4. The summed E-state index contributed by atoms with van der Waals surface area (Å²) in [6.07, 6.45) is -7.01. The average Bonchev–Trinajstić information content (AvgIpc) is 2.25. The third-order valence-corrected chi connectivity index (χ3v) is 2.24. The van der Waals surface area contributed by atoms with E-state index in [-0.39, 0.29) is 132 Å². The van der Waals surface area contributed by atoms with Crippen LogP contribution in [0.15, 0.2) is 0 Å². The zero-order valence-electron chi connectivity index (χ0n) is 10.1. The molecule has 3 radical (unpaired) electrons. The Hall–Kier alpha value is 3.59. The fourth-order valence-electron chi connectivity index (χ4n) is 1.35. The fraction of sp³-hybridized carbons (Fsp3) is 0.875. The molecule has 0 aromatic carbocycles. The molecule has 7 nitrogen and oxygen atoms in total. The minimum Gasteiger partial charge on any atom is -0.467 e. The molecule has 10 heteroatoms. The van der Waals surface area contributed by atoms with Gasteiger partial charge in [0.1, 0.15) is 18.3 Å². The number of ether oxygens (including phenoxy) is 3. The van der Waals surface area contributed by atoms with Gasteiger partial charge in [-0.2, -0.15) is 0 Å². The molecular formula is C8H14Ac3O7. The minimum atomic E-state index is -1.54. The molecule has 1 aliphatic heterocycles. The molecule has 1 fully saturated rings. The van der Waals surface area contributed by atoms with Crippen LogP contribution in [0.25, 0.3) is 0 Å². The van der Waals surface area contributed by atoms with Crippen molar-refractivity contribution in [1.29, 1.82) is 0 Å². The van der Waals surface area contributed by atoms with E-state index in [1.54, 1.807) is 0 Å². The van der Waals surface area contributed by atoms with E-state index in [4.69, 9.17) is 9.47 Å². The number of carbonyl (C=O) groups excluding carboxylic acids is 1. The third-order valence-electron chi connectivity index (χ3n) is 2.24. The van der Waals surface area contributed by atoms with Gasteiger partial charge in [0.25, 0.3) is 0 Å². The molecule has 0 spiro atoms. The fourth-order valence-corrected chi connectivity index (χ4v) is 1.35. The summed E-state index contributed by atoms with van der Waals surface area (Å²) in [7, 11) is 2.37. The Morgan fingerprint density at radius 1 is 1.00 bits per heavy atom. The summed E-state index contributed by atoms with van der Waals surface area (Å²) >= 11 is 0. The van der Waals surface area contributed by atoms with E-state index >= 15 is 0 Å². The van der Waals surface area contributed by atoms with Crippen LogP contribution in [0.3, 0.4) is 0 Å². The van der Waals surface area contributed by atoms with Crippen molar-refractivity contribution in [3.63, 3.8) is 0 Å². The maximum Gasteiger partial charge on any atom is 0.337 e. The van der Waals surface area contributed by atoms with Crippen molar-refractivity contribution >= 4 is 5.97 Å². The van der Waals surface area contributed by atoms with Gasteiger partial charge in [0.2, 0.25) is 0 Å². The Bertz CT molecular complexity index is 241. The van der Waals surface area contributed by atoms with E-state index in [0.717, 1.165) is 7.11 Å². The van der Waals surface area contributed by atoms with Gasteiger partial charge in [0.15, 0.2) is 12.4 Å². The first-order valence-electron chi connectivity index (χ1n) is 4.33. The van der Waals surface area contributed by atoms with E-state index in [1.165, 1.54) is 7.11 Å². The first-order valence-corrected chi connectivity index (χ1v) is 4.33. The average molecular weight is 903 g/mol. The molecular weight excluding hydrogens is 889 g/mol. The molecule has 0 saturated carbocycles. The number of hydrogen-bond acceptors (Lipinski definition) is 7. The molecule has 5 atom stereocenters. The molecule has 97 valence electrons. The van der Waals surface area contributed by atoms with Crippen LogP contribution in [0.2, 0.25) is 0 Å². The zero-order chi connectivity index (χ0) is 11.6. The second kappa shape index (κ2) is 13.1. The van der Waals surface area contributed by atoms with Crippen LogP contribution >= 0.6 is 0 Å². The van der Waals surface area contributed by atoms with Crippen LogP contribution in [0.5, 0.6) is 0 Å². The predicted molar refractivity (Wildman–Crippen MR) is 45.7 cm³/mol. The van der Waals surface area contributed by atoms with Crippen molar-refractivity contribution in [3.8, 4) is 0 Å². The number of methoxy groups -OCH3 is 2. The molecule has 0 aromatic rings. The second-order valence-corrected chi connectivity index (χ2v) is 3.16. The Morgan fingerprint density at radius 2 is 1.50 bits per heavy atom. The minimum absolute atomic E-state index is 0. The zero-order valence-corrected chi connectivity index (χ0v) is 24.3. The van der Waals surface area contributed by atoms with E-state index < -0.39 is 36.7 Å². The van der Waals surface area contributed by atoms with Crippen LogP contribution in [0.4, 0.5) is 0 Å². The van der Waals surface area contributed by atoms with Gasteiger partial charge in [-0.05, 0) is 0 Å². The molecule has 1 rings (SSSR count). The van der Waals surface area contributed by atoms with Gasteiger partial charge in [0.05, 0.1) is 7.11 Å². The van der Waals surface area contributed by atoms with Crippen molar-refractivity contribution in [1.82, 2.24) is 0 Å². The van der Waals surface area contributed by atoms with Crippen LogP contribution in [-0.2, 0) is 19.0 Å². The van der Waals surface area contributed by atoms with Crippen molar-refractivity contribution in [2.45, 2.75) is 30.7 Å². The summed E-state index contributed by atoms with van der Waals surface area (Å²) in [4.78, 5) is 11.1. The summed E-state index contributed by atoms with van der Waals surface area (Å²) in [6.45, 7) is 0. The molecule has 1 saturated heterocycles. The summed E-state index contributed by atoms with van der Waals surface area (Å²) in [5, 5.41) is 28.2. The number of esters is 1. The number of hydrogen-bond donors (Lipinski definition) is 3. The van der Waals surface area contributed by atoms with Gasteiger partial charge in [-0.25, -0.2) is 4.79 Å². The number of aliphatic hydroxyl groups is 3. The van der Waals surface area contributed by atoms with E-state index in [2.05, 4.69) is 4.74 Å².